The number of benzene rings is 2. The zero-order valence-electron chi connectivity index (χ0n) is 9.25. The van der Waals surface area contributed by atoms with Gasteiger partial charge in [-0.05, 0) is 30.3 Å². The molecule has 0 unspecified atom stereocenters. The Morgan fingerprint density at radius 2 is 1.94 bits per heavy atom. The van der Waals surface area contributed by atoms with E-state index in [0.717, 1.165) is 10.2 Å². The van der Waals surface area contributed by atoms with Crippen molar-refractivity contribution < 1.29 is 5.11 Å². The summed E-state index contributed by atoms with van der Waals surface area (Å²) in [5, 5.41) is 13.8. The van der Waals surface area contributed by atoms with Crippen molar-refractivity contribution in [3.63, 3.8) is 0 Å². The average Bonchev–Trinajstić information content (AvgIpc) is 2.32. The van der Waals surface area contributed by atoms with Gasteiger partial charge >= 0.3 is 0 Å². The third-order valence-electron chi connectivity index (χ3n) is 2.41. The predicted molar refractivity (Wildman–Crippen MR) is 79.6 cm³/mol. The molecule has 0 atom stereocenters. The Labute approximate surface area is 124 Å². The molecule has 2 aromatic carbocycles. The molecule has 0 spiro atoms. The van der Waals surface area contributed by atoms with Crippen molar-refractivity contribution in [2.45, 2.75) is 6.54 Å². The number of hydrogen-bond donors (Lipinski definition) is 2. The van der Waals surface area contributed by atoms with Crippen LogP contribution < -0.4 is 5.32 Å². The van der Waals surface area contributed by atoms with Crippen LogP contribution in [0.4, 0.5) is 5.69 Å². The molecule has 0 aliphatic heterocycles. The zero-order chi connectivity index (χ0) is 13.1. The minimum Gasteiger partial charge on any atom is -0.506 e. The second-order valence-electron chi connectivity index (χ2n) is 3.76. The van der Waals surface area contributed by atoms with Crippen LogP contribution in [0.25, 0.3) is 0 Å². The summed E-state index contributed by atoms with van der Waals surface area (Å²) in [7, 11) is 0. The molecule has 2 N–H and O–H groups in total. The Kier molecular flexibility index (Phi) is 4.38. The first kappa shape index (κ1) is 13.5. The van der Waals surface area contributed by atoms with Crippen LogP contribution in [0.3, 0.4) is 0 Å². The van der Waals surface area contributed by atoms with Gasteiger partial charge in [-0.2, -0.15) is 0 Å². The number of phenolic OH excluding ortho intramolecular Hbond substituents is 1. The molecule has 0 radical (unpaired) electrons. The number of anilines is 1. The molecule has 0 fully saturated rings. The molecule has 0 bridgehead atoms. The molecule has 0 aliphatic rings. The van der Waals surface area contributed by atoms with E-state index in [1.165, 1.54) is 6.07 Å². The van der Waals surface area contributed by atoms with Gasteiger partial charge in [0.25, 0.3) is 0 Å². The van der Waals surface area contributed by atoms with Gasteiger partial charge in [-0.3, -0.25) is 0 Å². The lowest BCUT2D eigenvalue weighted by Crippen LogP contribution is -1.99. The standard InChI is InChI=1S/C13H10BrCl2NO/c14-9-2-1-3-11(5-9)17-7-8-4-10(15)6-12(16)13(8)18/h1-6,17-18H,7H2. The second kappa shape index (κ2) is 5.83. The van der Waals surface area contributed by atoms with Crippen LogP contribution in [0.15, 0.2) is 40.9 Å². The van der Waals surface area contributed by atoms with E-state index in [1.807, 2.05) is 24.3 Å². The quantitative estimate of drug-likeness (QED) is 0.812. The van der Waals surface area contributed by atoms with E-state index in [2.05, 4.69) is 21.2 Å². The van der Waals surface area contributed by atoms with Crippen LogP contribution in [0.1, 0.15) is 5.56 Å². The van der Waals surface area contributed by atoms with Gasteiger partial charge in [0.1, 0.15) is 5.75 Å². The van der Waals surface area contributed by atoms with Crippen LogP contribution in [-0.2, 0) is 6.54 Å². The molecule has 0 saturated heterocycles. The van der Waals surface area contributed by atoms with Crippen molar-refractivity contribution in [3.8, 4) is 5.75 Å². The number of rotatable bonds is 3. The summed E-state index contributed by atoms with van der Waals surface area (Å²) in [6.45, 7) is 0.447. The highest BCUT2D eigenvalue weighted by molar-refractivity contribution is 9.10. The summed E-state index contributed by atoms with van der Waals surface area (Å²) in [6, 6.07) is 11.0. The topological polar surface area (TPSA) is 32.3 Å². The van der Waals surface area contributed by atoms with E-state index < -0.39 is 0 Å². The summed E-state index contributed by atoms with van der Waals surface area (Å²) in [6.07, 6.45) is 0. The lowest BCUT2D eigenvalue weighted by molar-refractivity contribution is 0.469. The van der Waals surface area contributed by atoms with E-state index in [9.17, 15) is 5.11 Å². The maximum absolute atomic E-state index is 9.81. The molecular formula is C13H10BrCl2NO. The fraction of sp³-hybridized carbons (Fsp3) is 0.0769. The van der Waals surface area contributed by atoms with Crippen LogP contribution >= 0.6 is 39.1 Å². The summed E-state index contributed by atoms with van der Waals surface area (Å²) in [5.41, 5.74) is 1.60. The molecule has 2 rings (SSSR count). The maximum atomic E-state index is 9.81. The van der Waals surface area contributed by atoms with Crippen LogP contribution in [0, 0.1) is 0 Å². The molecule has 2 nitrogen and oxygen atoms in total. The number of nitrogens with one attached hydrogen (secondary N) is 1. The van der Waals surface area contributed by atoms with Crippen molar-refractivity contribution in [3.05, 3.63) is 56.5 Å². The van der Waals surface area contributed by atoms with Crippen molar-refractivity contribution in [2.75, 3.05) is 5.32 Å². The zero-order valence-corrected chi connectivity index (χ0v) is 12.4. The van der Waals surface area contributed by atoms with Crippen LogP contribution in [0.2, 0.25) is 10.0 Å². The van der Waals surface area contributed by atoms with Crippen molar-refractivity contribution in [2.24, 2.45) is 0 Å². The van der Waals surface area contributed by atoms with Gasteiger partial charge in [0.2, 0.25) is 0 Å². The number of aromatic hydroxyl groups is 1. The Bertz CT molecular complexity index is 575. The minimum absolute atomic E-state index is 0.0589. The normalized spacial score (nSPS) is 10.4. The molecule has 0 heterocycles. The van der Waals surface area contributed by atoms with Crippen molar-refractivity contribution in [1.29, 1.82) is 0 Å². The van der Waals surface area contributed by atoms with E-state index in [-0.39, 0.29) is 10.8 Å². The van der Waals surface area contributed by atoms with Crippen molar-refractivity contribution in [1.82, 2.24) is 0 Å². The van der Waals surface area contributed by atoms with E-state index in [4.69, 9.17) is 23.2 Å². The molecule has 0 saturated carbocycles. The first-order valence-electron chi connectivity index (χ1n) is 5.22. The van der Waals surface area contributed by atoms with Crippen LogP contribution in [-0.4, -0.2) is 5.11 Å². The largest absolute Gasteiger partial charge is 0.506 e. The lowest BCUT2D eigenvalue weighted by atomic mass is 10.2. The van der Waals surface area contributed by atoms with Crippen LogP contribution in [0.5, 0.6) is 5.75 Å². The predicted octanol–water partition coefficient (Wildman–Crippen LogP) is 5.07. The molecule has 5 heteroatoms. The lowest BCUT2D eigenvalue weighted by Gasteiger charge is -2.10. The Balaban J connectivity index is 2.15. The fourth-order valence-electron chi connectivity index (χ4n) is 1.55. The first-order chi connectivity index (χ1) is 8.56. The summed E-state index contributed by atoms with van der Waals surface area (Å²) < 4.78 is 0.987. The minimum atomic E-state index is 0.0589. The molecule has 2 aromatic rings. The molecule has 0 aliphatic carbocycles. The highest BCUT2D eigenvalue weighted by atomic mass is 79.9. The smallest absolute Gasteiger partial charge is 0.139 e. The molecule has 0 aromatic heterocycles. The maximum Gasteiger partial charge on any atom is 0.139 e. The van der Waals surface area contributed by atoms with E-state index in [0.29, 0.717) is 17.1 Å². The van der Waals surface area contributed by atoms with Gasteiger partial charge in [-0.25, -0.2) is 0 Å². The fourth-order valence-corrected chi connectivity index (χ4v) is 2.48. The SMILES string of the molecule is Oc1c(Cl)cc(Cl)cc1CNc1cccc(Br)c1. The van der Waals surface area contributed by atoms with Gasteiger partial charge in [0.05, 0.1) is 5.02 Å². The molecule has 94 valence electrons. The van der Waals surface area contributed by atoms with E-state index in [1.54, 1.807) is 6.07 Å². The van der Waals surface area contributed by atoms with Crippen molar-refractivity contribution >= 4 is 44.8 Å². The third kappa shape index (κ3) is 3.31. The number of phenols is 1. The molecule has 0 amide bonds. The van der Waals surface area contributed by atoms with Gasteiger partial charge < -0.3 is 10.4 Å². The highest BCUT2D eigenvalue weighted by Crippen LogP contribution is 2.31. The average molecular weight is 347 g/mol. The Hall–Kier alpha value is -0.900. The van der Waals surface area contributed by atoms with Gasteiger partial charge in [-0.15, -0.1) is 0 Å². The number of halogens is 3. The summed E-state index contributed by atoms with van der Waals surface area (Å²) >= 11 is 15.1. The second-order valence-corrected chi connectivity index (χ2v) is 5.52. The van der Waals surface area contributed by atoms with Gasteiger partial charge in [0, 0.05) is 27.3 Å². The van der Waals surface area contributed by atoms with E-state index >= 15 is 0 Å². The summed E-state index contributed by atoms with van der Waals surface area (Å²) in [5.74, 6) is 0.0589. The monoisotopic (exact) mass is 345 g/mol. The summed E-state index contributed by atoms with van der Waals surface area (Å²) in [4.78, 5) is 0. The first-order valence-corrected chi connectivity index (χ1v) is 6.77. The Morgan fingerprint density at radius 1 is 1.17 bits per heavy atom. The molecule has 18 heavy (non-hydrogen) atoms. The number of hydrogen-bond acceptors (Lipinski definition) is 2. The molecular weight excluding hydrogens is 337 g/mol. The third-order valence-corrected chi connectivity index (χ3v) is 3.41. The Morgan fingerprint density at radius 3 is 2.67 bits per heavy atom. The highest BCUT2D eigenvalue weighted by Gasteiger charge is 2.07. The van der Waals surface area contributed by atoms with Gasteiger partial charge in [0.15, 0.2) is 0 Å². The van der Waals surface area contributed by atoms with Gasteiger partial charge in [-0.1, -0.05) is 45.2 Å².